The molecule has 0 spiro atoms. The number of carbonyl (C=O) groups excluding carboxylic acids is 1. The molecule has 0 unspecified atom stereocenters. The van der Waals surface area contributed by atoms with Crippen molar-refractivity contribution in [3.05, 3.63) is 59.7 Å². The van der Waals surface area contributed by atoms with E-state index in [0.29, 0.717) is 30.0 Å². The van der Waals surface area contributed by atoms with Crippen LogP contribution in [-0.2, 0) is 11.0 Å². The van der Waals surface area contributed by atoms with Gasteiger partial charge in [-0.05, 0) is 55.4 Å². The van der Waals surface area contributed by atoms with Crippen molar-refractivity contribution in [2.75, 3.05) is 26.0 Å². The summed E-state index contributed by atoms with van der Waals surface area (Å²) < 4.78 is 44.0. The van der Waals surface area contributed by atoms with Crippen LogP contribution in [0.3, 0.4) is 0 Å². The number of nitrogens with one attached hydrogen (secondary N) is 1. The number of amides is 1. The average molecular weight is 378 g/mol. The molecule has 1 amide bonds. The SMILES string of the molecule is COc1ccc(NC(=O)[C@@H]2C[C@@H](c3cccc(C(F)(F)F)c3)N(C)C2)cc1. The molecule has 0 aromatic heterocycles. The third-order valence-corrected chi connectivity index (χ3v) is 4.88. The van der Waals surface area contributed by atoms with Gasteiger partial charge in [0.15, 0.2) is 0 Å². The fourth-order valence-electron chi connectivity index (χ4n) is 3.42. The summed E-state index contributed by atoms with van der Waals surface area (Å²) in [6.07, 6.45) is -3.90. The van der Waals surface area contributed by atoms with Gasteiger partial charge in [-0.2, -0.15) is 13.2 Å². The maximum atomic E-state index is 13.0. The zero-order chi connectivity index (χ0) is 19.6. The molecule has 0 bridgehead atoms. The van der Waals surface area contributed by atoms with Crippen LogP contribution in [0.2, 0.25) is 0 Å². The molecule has 2 atom stereocenters. The highest BCUT2D eigenvalue weighted by Gasteiger charge is 2.36. The van der Waals surface area contributed by atoms with Crippen molar-refractivity contribution < 1.29 is 22.7 Å². The maximum Gasteiger partial charge on any atom is 0.416 e. The van der Waals surface area contributed by atoms with E-state index in [4.69, 9.17) is 4.74 Å². The van der Waals surface area contributed by atoms with Gasteiger partial charge in [0.2, 0.25) is 5.91 Å². The van der Waals surface area contributed by atoms with Crippen LogP contribution < -0.4 is 10.1 Å². The summed E-state index contributed by atoms with van der Waals surface area (Å²) in [5.41, 5.74) is 0.567. The number of alkyl halides is 3. The van der Waals surface area contributed by atoms with Crippen molar-refractivity contribution in [2.24, 2.45) is 5.92 Å². The first-order valence-corrected chi connectivity index (χ1v) is 8.60. The molecule has 3 rings (SSSR count). The lowest BCUT2D eigenvalue weighted by Crippen LogP contribution is -2.25. The molecule has 1 heterocycles. The molecule has 27 heavy (non-hydrogen) atoms. The number of anilines is 1. The predicted molar refractivity (Wildman–Crippen MR) is 96.5 cm³/mol. The summed E-state index contributed by atoms with van der Waals surface area (Å²) in [6, 6.07) is 12.1. The molecule has 2 aromatic carbocycles. The van der Waals surface area contributed by atoms with Crippen LogP contribution >= 0.6 is 0 Å². The van der Waals surface area contributed by atoms with Gasteiger partial charge in [-0.25, -0.2) is 0 Å². The molecule has 1 fully saturated rings. The number of ether oxygens (including phenoxy) is 1. The third-order valence-electron chi connectivity index (χ3n) is 4.88. The topological polar surface area (TPSA) is 41.6 Å². The Hall–Kier alpha value is -2.54. The standard InChI is InChI=1S/C20H21F3N2O2/c1-25-12-14(19(26)24-16-6-8-17(27-2)9-7-16)11-18(25)13-4-3-5-15(10-13)20(21,22)23/h3-10,14,18H,11-12H2,1-2H3,(H,24,26)/t14-,18+/m1/s1. The molecule has 1 aliphatic rings. The van der Waals surface area contributed by atoms with Gasteiger partial charge in [0.05, 0.1) is 18.6 Å². The lowest BCUT2D eigenvalue weighted by Gasteiger charge is -2.20. The summed E-state index contributed by atoms with van der Waals surface area (Å²) in [7, 11) is 3.39. The minimum Gasteiger partial charge on any atom is -0.497 e. The van der Waals surface area contributed by atoms with Gasteiger partial charge < -0.3 is 10.1 Å². The van der Waals surface area contributed by atoms with Crippen molar-refractivity contribution in [2.45, 2.75) is 18.6 Å². The quantitative estimate of drug-likeness (QED) is 0.860. The monoisotopic (exact) mass is 378 g/mol. The molecule has 1 N–H and O–H groups in total. The molecule has 2 aromatic rings. The predicted octanol–water partition coefficient (Wildman–Crippen LogP) is 4.35. The first-order valence-electron chi connectivity index (χ1n) is 8.60. The lowest BCUT2D eigenvalue weighted by molar-refractivity contribution is -0.137. The summed E-state index contributed by atoms with van der Waals surface area (Å²) in [5, 5.41) is 2.86. The molecule has 1 aliphatic heterocycles. The molecule has 0 saturated carbocycles. The van der Waals surface area contributed by atoms with E-state index in [1.807, 2.05) is 11.9 Å². The molecule has 0 aliphatic carbocycles. The minimum atomic E-state index is -4.38. The molecular formula is C20H21F3N2O2. The van der Waals surface area contributed by atoms with Crippen molar-refractivity contribution in [1.82, 2.24) is 4.90 Å². The molecule has 7 heteroatoms. The number of methoxy groups -OCH3 is 1. The fourth-order valence-corrected chi connectivity index (χ4v) is 3.42. The smallest absolute Gasteiger partial charge is 0.416 e. The van der Waals surface area contributed by atoms with Crippen molar-refractivity contribution in [3.63, 3.8) is 0 Å². The van der Waals surface area contributed by atoms with E-state index in [9.17, 15) is 18.0 Å². The van der Waals surface area contributed by atoms with Crippen LogP contribution in [0.15, 0.2) is 48.5 Å². The molecule has 4 nitrogen and oxygen atoms in total. The van der Waals surface area contributed by atoms with E-state index in [1.165, 1.54) is 12.1 Å². The van der Waals surface area contributed by atoms with E-state index in [-0.39, 0.29) is 17.9 Å². The average Bonchev–Trinajstić information content (AvgIpc) is 3.04. The zero-order valence-corrected chi connectivity index (χ0v) is 15.1. The van der Waals surface area contributed by atoms with Crippen LogP contribution in [-0.4, -0.2) is 31.5 Å². The highest BCUT2D eigenvalue weighted by molar-refractivity contribution is 5.93. The molecular weight excluding hydrogens is 357 g/mol. The summed E-state index contributed by atoms with van der Waals surface area (Å²) in [4.78, 5) is 14.5. The van der Waals surface area contributed by atoms with Crippen molar-refractivity contribution in [3.8, 4) is 5.75 Å². The number of likely N-dealkylation sites (tertiary alicyclic amines) is 1. The number of nitrogens with zero attached hydrogens (tertiary/aromatic N) is 1. The Bertz CT molecular complexity index is 806. The van der Waals surface area contributed by atoms with E-state index < -0.39 is 11.7 Å². The van der Waals surface area contributed by atoms with Gasteiger partial charge in [0.25, 0.3) is 0 Å². The Morgan fingerprint density at radius 1 is 1.19 bits per heavy atom. The van der Waals surface area contributed by atoms with Gasteiger partial charge in [-0.15, -0.1) is 0 Å². The lowest BCUT2D eigenvalue weighted by atomic mass is 9.97. The fraction of sp³-hybridized carbons (Fsp3) is 0.350. The number of benzene rings is 2. The Kier molecular flexibility index (Phi) is 5.41. The summed E-state index contributed by atoms with van der Waals surface area (Å²) in [6.45, 7) is 0.489. The zero-order valence-electron chi connectivity index (χ0n) is 15.1. The van der Waals surface area contributed by atoms with E-state index in [2.05, 4.69) is 5.32 Å². The maximum absolute atomic E-state index is 13.0. The Morgan fingerprint density at radius 3 is 2.52 bits per heavy atom. The van der Waals surface area contributed by atoms with Crippen LogP contribution in [0.25, 0.3) is 0 Å². The Morgan fingerprint density at radius 2 is 1.89 bits per heavy atom. The van der Waals surface area contributed by atoms with Crippen LogP contribution in [0, 0.1) is 5.92 Å². The van der Waals surface area contributed by atoms with E-state index >= 15 is 0 Å². The van der Waals surface area contributed by atoms with Crippen LogP contribution in [0.1, 0.15) is 23.6 Å². The van der Waals surface area contributed by atoms with Crippen molar-refractivity contribution in [1.29, 1.82) is 0 Å². The second-order valence-corrected chi connectivity index (χ2v) is 6.73. The number of hydrogen-bond acceptors (Lipinski definition) is 3. The van der Waals surface area contributed by atoms with Gasteiger partial charge in [-0.1, -0.05) is 12.1 Å². The second-order valence-electron chi connectivity index (χ2n) is 6.73. The largest absolute Gasteiger partial charge is 0.497 e. The van der Waals surface area contributed by atoms with Crippen LogP contribution in [0.4, 0.5) is 18.9 Å². The second kappa shape index (κ2) is 7.60. The third kappa shape index (κ3) is 4.42. The highest BCUT2D eigenvalue weighted by Crippen LogP contribution is 2.37. The first-order chi connectivity index (χ1) is 12.8. The van der Waals surface area contributed by atoms with Crippen LogP contribution in [0.5, 0.6) is 5.75 Å². The highest BCUT2D eigenvalue weighted by atomic mass is 19.4. The number of hydrogen-bond donors (Lipinski definition) is 1. The molecule has 0 radical (unpaired) electrons. The summed E-state index contributed by atoms with van der Waals surface area (Å²) >= 11 is 0. The first kappa shape index (κ1) is 19.2. The minimum absolute atomic E-state index is 0.138. The molecule has 144 valence electrons. The van der Waals surface area contributed by atoms with Gasteiger partial charge >= 0.3 is 6.18 Å². The number of rotatable bonds is 4. The Labute approximate surface area is 155 Å². The van der Waals surface area contributed by atoms with E-state index in [0.717, 1.165) is 6.07 Å². The number of halogens is 3. The van der Waals surface area contributed by atoms with Gasteiger partial charge in [0.1, 0.15) is 5.75 Å². The normalized spacial score (nSPS) is 20.5. The molecule has 1 saturated heterocycles. The number of carbonyl (C=O) groups is 1. The van der Waals surface area contributed by atoms with E-state index in [1.54, 1.807) is 37.4 Å². The summed E-state index contributed by atoms with van der Waals surface area (Å²) in [5.74, 6) is 0.261. The van der Waals surface area contributed by atoms with Crippen molar-refractivity contribution >= 4 is 11.6 Å². The Balaban J connectivity index is 1.69. The van der Waals surface area contributed by atoms with Gasteiger partial charge in [-0.3, -0.25) is 9.69 Å². The van der Waals surface area contributed by atoms with Gasteiger partial charge in [0, 0.05) is 18.3 Å².